The van der Waals surface area contributed by atoms with Gasteiger partial charge in [0.1, 0.15) is 0 Å². The summed E-state index contributed by atoms with van der Waals surface area (Å²) in [6.45, 7) is 2.27. The number of carbonyl (C=O) groups is 1. The second-order valence-electron chi connectivity index (χ2n) is 6.21. The Kier molecular flexibility index (Phi) is 9.44. The van der Waals surface area contributed by atoms with Crippen LogP contribution in [0.3, 0.4) is 0 Å². The Bertz CT molecular complexity index is 294. The van der Waals surface area contributed by atoms with Crippen LogP contribution in [0.15, 0.2) is 11.6 Å². The molecule has 1 unspecified atom stereocenters. The van der Waals surface area contributed by atoms with Gasteiger partial charge in [-0.3, -0.25) is 4.79 Å². The Balaban J connectivity index is 1.78. The fraction of sp³-hybridized carbons (Fsp3) is 0.833. The molecule has 0 bridgehead atoms. The third kappa shape index (κ3) is 9.17. The summed E-state index contributed by atoms with van der Waals surface area (Å²) in [5, 5.41) is 8.54. The van der Waals surface area contributed by atoms with E-state index in [4.69, 9.17) is 5.11 Å². The SMILES string of the molecule is CCCCCCCC1=CC1CCCCCCCC(=O)O. The number of carboxylic acid groups (broad SMARTS) is 1. The van der Waals surface area contributed by atoms with Crippen molar-refractivity contribution >= 4 is 5.97 Å². The van der Waals surface area contributed by atoms with Gasteiger partial charge in [-0.15, -0.1) is 0 Å². The predicted octanol–water partition coefficient (Wildman–Crippen LogP) is 5.72. The molecule has 116 valence electrons. The molecule has 0 aromatic carbocycles. The third-order valence-corrected chi connectivity index (χ3v) is 4.26. The van der Waals surface area contributed by atoms with Crippen molar-refractivity contribution < 1.29 is 9.90 Å². The van der Waals surface area contributed by atoms with Crippen LogP contribution >= 0.6 is 0 Å². The van der Waals surface area contributed by atoms with Crippen LogP contribution in [-0.2, 0) is 4.79 Å². The zero-order valence-corrected chi connectivity index (χ0v) is 13.2. The first-order chi connectivity index (χ1) is 9.74. The zero-order valence-electron chi connectivity index (χ0n) is 13.2. The van der Waals surface area contributed by atoms with Gasteiger partial charge in [-0.25, -0.2) is 0 Å². The molecular weight excluding hydrogens is 248 g/mol. The molecule has 1 atom stereocenters. The average molecular weight is 280 g/mol. The highest BCUT2D eigenvalue weighted by Crippen LogP contribution is 2.37. The summed E-state index contributed by atoms with van der Waals surface area (Å²) in [5.41, 5.74) is 1.72. The lowest BCUT2D eigenvalue weighted by atomic mass is 10.0. The molecule has 1 rings (SSSR count). The zero-order chi connectivity index (χ0) is 14.6. The predicted molar refractivity (Wildman–Crippen MR) is 84.9 cm³/mol. The van der Waals surface area contributed by atoms with Gasteiger partial charge in [0.2, 0.25) is 0 Å². The normalized spacial score (nSPS) is 17.1. The maximum Gasteiger partial charge on any atom is 0.303 e. The van der Waals surface area contributed by atoms with E-state index in [9.17, 15) is 4.79 Å². The van der Waals surface area contributed by atoms with E-state index in [1.165, 1.54) is 64.2 Å². The van der Waals surface area contributed by atoms with E-state index in [-0.39, 0.29) is 0 Å². The van der Waals surface area contributed by atoms with E-state index < -0.39 is 5.97 Å². The topological polar surface area (TPSA) is 37.3 Å². The first-order valence-corrected chi connectivity index (χ1v) is 8.66. The maximum absolute atomic E-state index is 10.4. The largest absolute Gasteiger partial charge is 0.481 e. The van der Waals surface area contributed by atoms with Crippen molar-refractivity contribution in [3.8, 4) is 0 Å². The molecule has 0 amide bonds. The van der Waals surface area contributed by atoms with Crippen molar-refractivity contribution in [2.24, 2.45) is 5.92 Å². The van der Waals surface area contributed by atoms with Gasteiger partial charge in [-0.05, 0) is 31.6 Å². The molecule has 1 N–H and O–H groups in total. The molecule has 0 aliphatic heterocycles. The molecule has 20 heavy (non-hydrogen) atoms. The van der Waals surface area contributed by atoms with Crippen LogP contribution in [0.4, 0.5) is 0 Å². The smallest absolute Gasteiger partial charge is 0.303 e. The van der Waals surface area contributed by atoms with Gasteiger partial charge in [0.05, 0.1) is 0 Å². The van der Waals surface area contributed by atoms with Crippen LogP contribution in [0.1, 0.15) is 90.4 Å². The van der Waals surface area contributed by atoms with Crippen LogP contribution in [0.2, 0.25) is 0 Å². The van der Waals surface area contributed by atoms with Crippen molar-refractivity contribution in [3.63, 3.8) is 0 Å². The van der Waals surface area contributed by atoms with Crippen LogP contribution in [0.25, 0.3) is 0 Å². The van der Waals surface area contributed by atoms with Gasteiger partial charge < -0.3 is 5.11 Å². The standard InChI is InChI=1S/C18H32O2/c1-2-3-4-6-9-12-16-15-17(16)13-10-7-5-8-11-14-18(19)20/h15,17H,2-14H2,1H3,(H,19,20). The number of carboxylic acids is 1. The molecule has 2 nitrogen and oxygen atoms in total. The number of unbranched alkanes of at least 4 members (excludes halogenated alkanes) is 8. The quantitative estimate of drug-likeness (QED) is 0.326. The molecule has 1 aliphatic rings. The molecule has 0 saturated carbocycles. The van der Waals surface area contributed by atoms with Gasteiger partial charge in [0, 0.05) is 6.42 Å². The monoisotopic (exact) mass is 280 g/mol. The first kappa shape index (κ1) is 17.3. The van der Waals surface area contributed by atoms with Gasteiger partial charge in [-0.1, -0.05) is 69.9 Å². The third-order valence-electron chi connectivity index (χ3n) is 4.26. The minimum Gasteiger partial charge on any atom is -0.481 e. The number of hydrogen-bond donors (Lipinski definition) is 1. The summed E-state index contributed by atoms with van der Waals surface area (Å²) in [5.74, 6) is 0.177. The number of rotatable bonds is 14. The van der Waals surface area contributed by atoms with E-state index in [1.807, 2.05) is 0 Å². The van der Waals surface area contributed by atoms with Crippen LogP contribution < -0.4 is 0 Å². The minimum atomic E-state index is -0.657. The van der Waals surface area contributed by atoms with E-state index in [0.29, 0.717) is 6.42 Å². The fourth-order valence-electron chi connectivity index (χ4n) is 2.85. The lowest BCUT2D eigenvalue weighted by Crippen LogP contribution is -1.93. The number of hydrogen-bond acceptors (Lipinski definition) is 1. The molecule has 0 heterocycles. The second-order valence-corrected chi connectivity index (χ2v) is 6.21. The van der Waals surface area contributed by atoms with Crippen LogP contribution in [-0.4, -0.2) is 11.1 Å². The minimum absolute atomic E-state index is 0.340. The molecule has 0 fully saturated rings. The Morgan fingerprint density at radius 1 is 1.00 bits per heavy atom. The number of allylic oxidation sites excluding steroid dienone is 2. The Hall–Kier alpha value is -0.790. The molecular formula is C18H32O2. The van der Waals surface area contributed by atoms with E-state index in [0.717, 1.165) is 18.8 Å². The molecule has 0 saturated heterocycles. The van der Waals surface area contributed by atoms with Crippen molar-refractivity contribution in [1.82, 2.24) is 0 Å². The van der Waals surface area contributed by atoms with E-state index in [1.54, 1.807) is 5.57 Å². The van der Waals surface area contributed by atoms with Crippen molar-refractivity contribution in [2.75, 3.05) is 0 Å². The summed E-state index contributed by atoms with van der Waals surface area (Å²) in [7, 11) is 0. The van der Waals surface area contributed by atoms with Gasteiger partial charge in [0.15, 0.2) is 0 Å². The highest BCUT2D eigenvalue weighted by atomic mass is 16.4. The Morgan fingerprint density at radius 2 is 1.65 bits per heavy atom. The molecule has 0 aromatic rings. The number of aliphatic carboxylic acids is 1. The van der Waals surface area contributed by atoms with Crippen molar-refractivity contribution in [3.05, 3.63) is 11.6 Å². The lowest BCUT2D eigenvalue weighted by Gasteiger charge is -2.02. The lowest BCUT2D eigenvalue weighted by molar-refractivity contribution is -0.137. The van der Waals surface area contributed by atoms with Crippen LogP contribution in [0.5, 0.6) is 0 Å². The van der Waals surface area contributed by atoms with E-state index in [2.05, 4.69) is 13.0 Å². The molecule has 1 aliphatic carbocycles. The molecule has 2 heteroatoms. The second kappa shape index (κ2) is 10.9. The Labute approximate surface area is 124 Å². The maximum atomic E-state index is 10.4. The highest BCUT2D eigenvalue weighted by molar-refractivity contribution is 5.66. The van der Waals surface area contributed by atoms with Crippen molar-refractivity contribution in [2.45, 2.75) is 90.4 Å². The molecule has 0 aromatic heterocycles. The van der Waals surface area contributed by atoms with Gasteiger partial charge >= 0.3 is 5.97 Å². The summed E-state index contributed by atoms with van der Waals surface area (Å²) >= 11 is 0. The first-order valence-electron chi connectivity index (χ1n) is 8.66. The average Bonchev–Trinajstić information content (AvgIpc) is 3.15. The highest BCUT2D eigenvalue weighted by Gasteiger charge is 2.22. The summed E-state index contributed by atoms with van der Waals surface area (Å²) in [6.07, 6.45) is 18.1. The van der Waals surface area contributed by atoms with Crippen molar-refractivity contribution in [1.29, 1.82) is 0 Å². The fourth-order valence-corrected chi connectivity index (χ4v) is 2.85. The molecule has 0 spiro atoms. The Morgan fingerprint density at radius 3 is 2.40 bits per heavy atom. The summed E-state index contributed by atoms with van der Waals surface area (Å²) < 4.78 is 0. The van der Waals surface area contributed by atoms with Gasteiger partial charge in [0.25, 0.3) is 0 Å². The van der Waals surface area contributed by atoms with E-state index >= 15 is 0 Å². The summed E-state index contributed by atoms with van der Waals surface area (Å²) in [4.78, 5) is 10.4. The summed E-state index contributed by atoms with van der Waals surface area (Å²) in [6, 6.07) is 0. The van der Waals surface area contributed by atoms with Crippen LogP contribution in [0, 0.1) is 5.92 Å². The molecule has 0 radical (unpaired) electrons. The van der Waals surface area contributed by atoms with Gasteiger partial charge in [-0.2, -0.15) is 0 Å².